The van der Waals surface area contributed by atoms with E-state index in [1.807, 2.05) is 0 Å². The Labute approximate surface area is 197 Å². The van der Waals surface area contributed by atoms with Crippen LogP contribution in [0.2, 0.25) is 0 Å². The molecule has 0 saturated heterocycles. The number of benzene rings is 5. The van der Waals surface area contributed by atoms with E-state index in [4.69, 9.17) is 8.83 Å². The van der Waals surface area contributed by atoms with Crippen molar-refractivity contribution in [3.05, 3.63) is 108 Å². The molecule has 0 bridgehead atoms. The zero-order valence-corrected chi connectivity index (χ0v) is 19.1. The third-order valence-corrected chi connectivity index (χ3v) is 6.85. The van der Waals surface area contributed by atoms with Crippen LogP contribution >= 0.6 is 0 Å². The first-order valence-corrected chi connectivity index (χ1v) is 11.6. The minimum Gasteiger partial charge on any atom is -0.456 e. The predicted molar refractivity (Wildman–Crippen MR) is 141 cm³/mol. The third kappa shape index (κ3) is 2.89. The van der Waals surface area contributed by atoms with Gasteiger partial charge in [-0.15, -0.1) is 0 Å². The first-order chi connectivity index (χ1) is 16.6. The minimum atomic E-state index is 0.924. The zero-order chi connectivity index (χ0) is 22.8. The van der Waals surface area contributed by atoms with Gasteiger partial charge in [-0.25, -0.2) is 0 Å². The molecule has 0 spiro atoms. The number of para-hydroxylation sites is 1. The molecule has 2 aromatic heterocycles. The fourth-order valence-electron chi connectivity index (χ4n) is 5.07. The molecule has 2 nitrogen and oxygen atoms in total. The van der Waals surface area contributed by atoms with Crippen LogP contribution in [0.25, 0.3) is 66.1 Å². The lowest BCUT2D eigenvalue weighted by atomic mass is 9.97. The van der Waals surface area contributed by atoms with Crippen LogP contribution in [0.4, 0.5) is 0 Å². The van der Waals surface area contributed by atoms with E-state index in [0.717, 1.165) is 38.7 Å². The molecule has 0 unspecified atom stereocenters. The Kier molecular flexibility index (Phi) is 4.01. The van der Waals surface area contributed by atoms with E-state index in [9.17, 15) is 0 Å². The van der Waals surface area contributed by atoms with Crippen LogP contribution in [0.5, 0.6) is 0 Å². The average molecular weight is 439 g/mol. The van der Waals surface area contributed by atoms with E-state index in [2.05, 4.69) is 111 Å². The van der Waals surface area contributed by atoms with Crippen LogP contribution in [0, 0.1) is 13.8 Å². The van der Waals surface area contributed by atoms with Crippen molar-refractivity contribution in [2.75, 3.05) is 0 Å². The van der Waals surface area contributed by atoms with Crippen LogP contribution in [0.15, 0.2) is 106 Å². The summed E-state index contributed by atoms with van der Waals surface area (Å²) >= 11 is 0. The van der Waals surface area contributed by atoms with Crippen molar-refractivity contribution in [3.63, 3.8) is 0 Å². The van der Waals surface area contributed by atoms with Crippen LogP contribution < -0.4 is 0 Å². The summed E-state index contributed by atoms with van der Waals surface area (Å²) in [5, 5.41) is 4.65. The highest BCUT2D eigenvalue weighted by Gasteiger charge is 2.12. The van der Waals surface area contributed by atoms with Gasteiger partial charge in [0.1, 0.15) is 22.3 Å². The maximum atomic E-state index is 6.13. The Morgan fingerprint density at radius 2 is 1.00 bits per heavy atom. The molecule has 0 radical (unpaired) electrons. The predicted octanol–water partition coefficient (Wildman–Crippen LogP) is 9.44. The molecule has 2 heterocycles. The molecule has 7 rings (SSSR count). The fourth-order valence-corrected chi connectivity index (χ4v) is 5.07. The average Bonchev–Trinajstić information content (AvgIpc) is 3.42. The van der Waals surface area contributed by atoms with Crippen molar-refractivity contribution < 1.29 is 8.83 Å². The first-order valence-electron chi connectivity index (χ1n) is 11.6. The van der Waals surface area contributed by atoms with E-state index in [1.165, 1.54) is 38.6 Å². The van der Waals surface area contributed by atoms with E-state index < -0.39 is 0 Å². The molecule has 0 saturated carbocycles. The van der Waals surface area contributed by atoms with Gasteiger partial charge in [0.15, 0.2) is 0 Å². The summed E-state index contributed by atoms with van der Waals surface area (Å²) in [5.74, 6) is 0. The van der Waals surface area contributed by atoms with Crippen molar-refractivity contribution >= 4 is 43.9 Å². The van der Waals surface area contributed by atoms with Crippen LogP contribution in [-0.4, -0.2) is 0 Å². The van der Waals surface area contributed by atoms with Crippen molar-refractivity contribution in [3.8, 4) is 22.3 Å². The van der Waals surface area contributed by atoms with Crippen molar-refractivity contribution in [2.24, 2.45) is 0 Å². The Bertz CT molecular complexity index is 1850. The summed E-state index contributed by atoms with van der Waals surface area (Å²) in [6, 6.07) is 34.4. The van der Waals surface area contributed by atoms with Gasteiger partial charge in [0.25, 0.3) is 0 Å². The Hall–Kier alpha value is -4.30. The van der Waals surface area contributed by atoms with Gasteiger partial charge in [0.05, 0.1) is 0 Å². The van der Waals surface area contributed by atoms with E-state index >= 15 is 0 Å². The highest BCUT2D eigenvalue weighted by atomic mass is 16.3. The van der Waals surface area contributed by atoms with Crippen LogP contribution in [0.1, 0.15) is 11.1 Å². The van der Waals surface area contributed by atoms with E-state index in [-0.39, 0.29) is 0 Å². The number of rotatable bonds is 2. The quantitative estimate of drug-likeness (QED) is 0.269. The van der Waals surface area contributed by atoms with Gasteiger partial charge in [-0.2, -0.15) is 0 Å². The molecule has 0 fully saturated rings. The summed E-state index contributed by atoms with van der Waals surface area (Å²) in [6.07, 6.45) is 0. The van der Waals surface area contributed by atoms with E-state index in [0.29, 0.717) is 0 Å². The summed E-state index contributed by atoms with van der Waals surface area (Å²) < 4.78 is 12.2. The first kappa shape index (κ1) is 19.2. The van der Waals surface area contributed by atoms with Crippen LogP contribution in [0.3, 0.4) is 0 Å². The number of hydrogen-bond donors (Lipinski definition) is 0. The molecule has 0 aliphatic heterocycles. The van der Waals surface area contributed by atoms with Gasteiger partial charge in [0, 0.05) is 21.5 Å². The fraction of sp³-hybridized carbons (Fsp3) is 0.0625. The van der Waals surface area contributed by atoms with Gasteiger partial charge in [-0.1, -0.05) is 60.2 Å². The Morgan fingerprint density at radius 1 is 0.441 bits per heavy atom. The molecule has 0 N–H and O–H groups in total. The number of fused-ring (bicyclic) bond motifs is 6. The highest BCUT2D eigenvalue weighted by Crippen LogP contribution is 2.36. The van der Waals surface area contributed by atoms with E-state index in [1.54, 1.807) is 0 Å². The largest absolute Gasteiger partial charge is 0.456 e. The lowest BCUT2D eigenvalue weighted by Crippen LogP contribution is -1.82. The standard InChI is InChI=1S/C32H22O2/c1-19-9-12-29-26(15-19)28-18-24(10-13-30(28)33-29)22-7-4-6-21(16-22)23-11-14-31-27(17-23)25-8-3-5-20(2)32(25)34-31/h3-18H,1-2H3. The summed E-state index contributed by atoms with van der Waals surface area (Å²) in [4.78, 5) is 0. The molecule has 0 atom stereocenters. The normalized spacial score (nSPS) is 11.8. The number of aryl methyl sites for hydroxylation is 2. The lowest BCUT2D eigenvalue weighted by Gasteiger charge is -2.07. The maximum Gasteiger partial charge on any atom is 0.138 e. The molecule has 2 heteroatoms. The van der Waals surface area contributed by atoms with Gasteiger partial charge in [-0.05, 0) is 84.1 Å². The monoisotopic (exact) mass is 438 g/mol. The molecule has 5 aromatic carbocycles. The van der Waals surface area contributed by atoms with Gasteiger partial charge in [-0.3, -0.25) is 0 Å². The number of furan rings is 2. The topological polar surface area (TPSA) is 26.3 Å². The Balaban J connectivity index is 1.36. The van der Waals surface area contributed by atoms with Crippen LogP contribution in [-0.2, 0) is 0 Å². The molecule has 0 amide bonds. The highest BCUT2D eigenvalue weighted by molar-refractivity contribution is 6.08. The molecule has 162 valence electrons. The maximum absolute atomic E-state index is 6.13. The van der Waals surface area contributed by atoms with Crippen molar-refractivity contribution in [1.82, 2.24) is 0 Å². The summed E-state index contributed by atoms with van der Waals surface area (Å²) in [5.41, 5.74) is 10.9. The molecule has 34 heavy (non-hydrogen) atoms. The second kappa shape index (κ2) is 7.10. The minimum absolute atomic E-state index is 0.924. The summed E-state index contributed by atoms with van der Waals surface area (Å²) in [6.45, 7) is 4.21. The van der Waals surface area contributed by atoms with Crippen molar-refractivity contribution in [2.45, 2.75) is 13.8 Å². The van der Waals surface area contributed by atoms with Gasteiger partial charge in [0.2, 0.25) is 0 Å². The third-order valence-electron chi connectivity index (χ3n) is 6.85. The molecule has 0 aliphatic rings. The summed E-state index contributed by atoms with van der Waals surface area (Å²) in [7, 11) is 0. The number of hydrogen-bond acceptors (Lipinski definition) is 2. The second-order valence-corrected chi connectivity index (χ2v) is 9.16. The Morgan fingerprint density at radius 3 is 1.74 bits per heavy atom. The molecule has 0 aliphatic carbocycles. The molecule has 7 aromatic rings. The van der Waals surface area contributed by atoms with Crippen molar-refractivity contribution in [1.29, 1.82) is 0 Å². The smallest absolute Gasteiger partial charge is 0.138 e. The molecular formula is C32H22O2. The van der Waals surface area contributed by atoms with Gasteiger partial charge >= 0.3 is 0 Å². The lowest BCUT2D eigenvalue weighted by molar-refractivity contribution is 0.666. The zero-order valence-electron chi connectivity index (χ0n) is 19.1. The molecular weight excluding hydrogens is 416 g/mol. The van der Waals surface area contributed by atoms with Gasteiger partial charge < -0.3 is 8.83 Å². The second-order valence-electron chi connectivity index (χ2n) is 9.16. The SMILES string of the molecule is Cc1ccc2oc3ccc(-c4cccc(-c5ccc6oc7c(C)cccc7c6c5)c4)cc3c2c1.